The van der Waals surface area contributed by atoms with Crippen LogP contribution in [0.5, 0.6) is 0 Å². The number of pyridine rings is 8. The van der Waals surface area contributed by atoms with Crippen LogP contribution in [0.3, 0.4) is 0 Å². The molecule has 0 radical (unpaired) electrons. The van der Waals surface area contributed by atoms with Gasteiger partial charge in [-0.25, -0.2) is 0 Å². The maximum absolute atomic E-state index is 11.8. The average Bonchev–Trinajstić information content (AvgIpc) is 3.38. The zero-order valence-electron chi connectivity index (χ0n) is 41.7. The van der Waals surface area contributed by atoms with Crippen molar-refractivity contribution in [1.82, 2.24) is 34.9 Å². The molecule has 8 rings (SSSR count). The highest BCUT2D eigenvalue weighted by Crippen LogP contribution is 2.09. The van der Waals surface area contributed by atoms with Crippen LogP contribution in [0.15, 0.2) is 245 Å². The van der Waals surface area contributed by atoms with Gasteiger partial charge in [0.05, 0.1) is 4.48 Å². The van der Waals surface area contributed by atoms with Gasteiger partial charge >= 0.3 is 50.8 Å². The summed E-state index contributed by atoms with van der Waals surface area (Å²) in [5, 5.41) is 0. The molecule has 0 aliphatic carbocycles. The van der Waals surface area contributed by atoms with E-state index in [2.05, 4.69) is 34.9 Å². The molecule has 0 aliphatic heterocycles. The van der Waals surface area contributed by atoms with E-state index in [9.17, 15) is 125 Å². The fraction of sp³-hybridized carbons (Fsp3) is 0. The molecule has 8 nitrogen and oxygen atoms in total. The fourth-order valence-electron chi connectivity index (χ4n) is 2.57. The fourth-order valence-corrected chi connectivity index (χ4v) is 2.57. The van der Waals surface area contributed by atoms with Gasteiger partial charge in [-0.15, -0.1) is 0 Å². The first-order chi connectivity index (χ1) is 38.4. The van der Waals surface area contributed by atoms with Crippen LogP contribution < -0.4 is 4.79 Å². The highest BCUT2D eigenvalue weighted by molar-refractivity contribution is 6.51. The Balaban J connectivity index is -0.000000152. The van der Waals surface area contributed by atoms with E-state index in [1.807, 2.05) is 127 Å². The standard InChI is InChI=1S/C5H5FN.7C5H5N.7BF4/c6-7-4-2-1-3-5-7;7*1-2-4-6-5-3-1;7*2-1(3,4)5/h1-5H;7*1-5H;;;;;;;/q+1;;;;;;;;7*-1. The summed E-state index contributed by atoms with van der Waals surface area (Å²) in [7, 11) is -42.0. The molecule has 0 unspecified atom stereocenters. The van der Waals surface area contributed by atoms with E-state index >= 15 is 0 Å². The van der Waals surface area contributed by atoms with Crippen molar-refractivity contribution >= 4 is 50.8 Å². The first-order valence-corrected chi connectivity index (χ1v) is 21.1. The second-order valence-corrected chi connectivity index (χ2v) is 11.9. The molecule has 8 aromatic rings. The van der Waals surface area contributed by atoms with E-state index in [-0.39, 0.29) is 0 Å². The van der Waals surface area contributed by atoms with Gasteiger partial charge in [0.1, 0.15) is 0 Å². The topological polar surface area (TPSA) is 94.1 Å². The molecule has 0 saturated heterocycles. The minimum Gasteiger partial charge on any atom is -0.418 e. The normalized spacial score (nSPS) is 9.73. The summed E-state index contributed by atoms with van der Waals surface area (Å²) in [5.74, 6) is 0. The third kappa shape index (κ3) is 224. The van der Waals surface area contributed by atoms with Crippen molar-refractivity contribution in [2.45, 2.75) is 0 Å². The minimum absolute atomic E-state index is 0.500. The Kier molecular flexibility index (Phi) is 61.6. The van der Waals surface area contributed by atoms with Crippen molar-refractivity contribution in [3.05, 3.63) is 245 Å². The van der Waals surface area contributed by atoms with E-state index in [4.69, 9.17) is 0 Å². The van der Waals surface area contributed by atoms with Gasteiger partial charge in [-0.3, -0.25) is 34.9 Å². The van der Waals surface area contributed by atoms with Crippen LogP contribution in [0.25, 0.3) is 0 Å². The average molecular weight is 1260 g/mol. The summed E-state index contributed by atoms with van der Waals surface area (Å²) in [5.41, 5.74) is 0. The van der Waals surface area contributed by atoms with Crippen LogP contribution in [0.2, 0.25) is 0 Å². The Morgan fingerprint density at radius 2 is 0.238 bits per heavy atom. The maximum Gasteiger partial charge on any atom is 0.673 e. The van der Waals surface area contributed by atoms with Crippen LogP contribution in [-0.4, -0.2) is 85.7 Å². The lowest BCUT2D eigenvalue weighted by molar-refractivity contribution is -0.843. The molecule has 0 aromatic carbocycles. The Morgan fingerprint density at radius 3 is 0.274 bits per heavy atom. The van der Waals surface area contributed by atoms with Gasteiger partial charge in [-0.1, -0.05) is 48.5 Å². The quantitative estimate of drug-likeness (QED) is 0.110. The molecule has 0 spiro atoms. The molecule has 0 N–H and O–H groups in total. The molecule has 8 heterocycles. The Morgan fingerprint density at radius 1 is 0.155 bits per heavy atom. The van der Waals surface area contributed by atoms with E-state index < -0.39 is 50.8 Å². The molecule has 8 aromatic heterocycles. The van der Waals surface area contributed by atoms with Crippen molar-refractivity contribution in [3.8, 4) is 0 Å². The Bertz CT molecular complexity index is 1740. The van der Waals surface area contributed by atoms with Gasteiger partial charge in [-0.2, -0.15) is 0 Å². The molecule has 0 saturated carbocycles. The minimum atomic E-state index is -6.00. The van der Waals surface area contributed by atoms with Crippen LogP contribution in [0.4, 0.5) is 125 Å². The van der Waals surface area contributed by atoms with Gasteiger partial charge in [0, 0.05) is 104 Å². The smallest absolute Gasteiger partial charge is 0.418 e. The van der Waals surface area contributed by atoms with Crippen LogP contribution in [-0.2, 0) is 0 Å². The van der Waals surface area contributed by atoms with Crippen LogP contribution >= 0.6 is 0 Å². The molecular weight excluding hydrogens is 1220 g/mol. The Hall–Kier alpha value is -8.38. The number of rotatable bonds is 0. The van der Waals surface area contributed by atoms with Crippen molar-refractivity contribution in [1.29, 1.82) is 0 Å². The molecular formula is C40H40B7F29N8-6. The monoisotopic (exact) mass is 1260 g/mol. The van der Waals surface area contributed by atoms with E-state index in [1.165, 1.54) is 12.4 Å². The van der Waals surface area contributed by atoms with Crippen LogP contribution in [0, 0.1) is 0 Å². The summed E-state index contributed by atoms with van der Waals surface area (Å²) >= 11 is 0. The molecule has 470 valence electrons. The van der Waals surface area contributed by atoms with E-state index in [0.29, 0.717) is 4.79 Å². The van der Waals surface area contributed by atoms with Gasteiger partial charge in [0.25, 0.3) is 0 Å². The predicted molar refractivity (Wildman–Crippen MR) is 264 cm³/mol. The first kappa shape index (κ1) is 89.4. The summed E-state index contributed by atoms with van der Waals surface area (Å²) in [6.07, 6.45) is 27.2. The largest absolute Gasteiger partial charge is 0.673 e. The predicted octanol–water partition coefficient (Wildman–Crippen LogP) is 17.4. The Labute approximate surface area is 460 Å². The molecule has 0 aliphatic rings. The van der Waals surface area contributed by atoms with Gasteiger partial charge in [0.15, 0.2) is 0 Å². The zero-order valence-corrected chi connectivity index (χ0v) is 41.7. The third-order valence-electron chi connectivity index (χ3n) is 4.64. The van der Waals surface area contributed by atoms with Gasteiger partial charge in [-0.05, 0) is 84.9 Å². The van der Waals surface area contributed by atoms with Crippen molar-refractivity contribution in [3.63, 3.8) is 0 Å². The first-order valence-electron chi connectivity index (χ1n) is 21.1. The molecule has 0 amide bonds. The molecule has 0 bridgehead atoms. The van der Waals surface area contributed by atoms with Crippen molar-refractivity contribution in [2.24, 2.45) is 0 Å². The van der Waals surface area contributed by atoms with Crippen molar-refractivity contribution < 1.29 is 130 Å². The summed E-state index contributed by atoms with van der Waals surface area (Å²) in [4.78, 5) is 27.0. The van der Waals surface area contributed by atoms with Crippen LogP contribution in [0.1, 0.15) is 0 Å². The molecule has 0 fully saturated rings. The zero-order chi connectivity index (χ0) is 66.3. The summed E-state index contributed by atoms with van der Waals surface area (Å²) < 4.78 is 285. The lowest BCUT2D eigenvalue weighted by Gasteiger charge is -1.94. The number of aromatic nitrogens is 8. The lowest BCUT2D eigenvalue weighted by Crippen LogP contribution is -2.18. The van der Waals surface area contributed by atoms with Crippen molar-refractivity contribution in [2.75, 3.05) is 0 Å². The number of hydrogen-bond acceptors (Lipinski definition) is 7. The van der Waals surface area contributed by atoms with Gasteiger partial charge < -0.3 is 121 Å². The SMILES string of the molecule is F[B-](F)(F)F.F[B-](F)(F)F.F[B-](F)(F)F.F[B-](F)(F)F.F[B-](F)(F)F.F[B-](F)(F)F.F[B-](F)(F)F.F[n+]1ccccc1.c1ccncc1.c1ccncc1.c1ccncc1.c1ccncc1.c1ccncc1.c1ccncc1.c1ccncc1. The molecule has 44 heteroatoms. The molecule has 0 atom stereocenters. The summed E-state index contributed by atoms with van der Waals surface area (Å²) in [6, 6.07) is 45.0. The number of nitrogens with zero attached hydrogens (tertiary/aromatic N) is 8. The number of halogens is 29. The van der Waals surface area contributed by atoms with E-state index in [1.54, 1.807) is 105 Å². The highest BCUT2D eigenvalue weighted by atomic mass is 19.5. The van der Waals surface area contributed by atoms with E-state index in [0.717, 1.165) is 0 Å². The molecule has 84 heavy (non-hydrogen) atoms. The highest BCUT2D eigenvalue weighted by Gasteiger charge is 2.23. The lowest BCUT2D eigenvalue weighted by atomic mass is 10.3. The number of hydrogen-bond donors (Lipinski definition) is 0. The maximum atomic E-state index is 11.8. The van der Waals surface area contributed by atoms with Gasteiger partial charge in [0.2, 0.25) is 12.4 Å². The second kappa shape index (κ2) is 57.8. The summed E-state index contributed by atoms with van der Waals surface area (Å²) in [6.45, 7) is 0. The third-order valence-corrected chi connectivity index (χ3v) is 4.64. The second-order valence-electron chi connectivity index (χ2n) is 11.9.